The number of fused-ring (bicyclic) bond motifs is 1. The van der Waals surface area contributed by atoms with Crippen molar-refractivity contribution in [2.45, 2.75) is 33.1 Å². The van der Waals surface area contributed by atoms with E-state index in [1.807, 2.05) is 37.3 Å². The number of carbonyl (C=O) groups is 1. The first kappa shape index (κ1) is 17.4. The molecule has 3 aromatic rings. The van der Waals surface area contributed by atoms with Gasteiger partial charge in [-0.05, 0) is 47.2 Å². The van der Waals surface area contributed by atoms with E-state index in [1.165, 1.54) is 22.5 Å². The second-order valence-electron chi connectivity index (χ2n) is 7.18. The molecule has 0 aliphatic heterocycles. The molecule has 0 saturated carbocycles. The van der Waals surface area contributed by atoms with Gasteiger partial charge in [0.2, 0.25) is 5.91 Å². The number of rotatable bonds is 3. The Morgan fingerprint density at radius 2 is 1.84 bits per heavy atom. The molecule has 128 valence electrons. The first-order valence-electron chi connectivity index (χ1n) is 8.28. The number of anilines is 1. The second kappa shape index (κ2) is 6.81. The average Bonchev–Trinajstić information content (AvgIpc) is 2.93. The van der Waals surface area contributed by atoms with Crippen molar-refractivity contribution in [3.63, 3.8) is 0 Å². The number of aryl methyl sites for hydroxylation is 1. The van der Waals surface area contributed by atoms with Gasteiger partial charge in [-0.2, -0.15) is 0 Å². The van der Waals surface area contributed by atoms with E-state index in [4.69, 9.17) is 0 Å². The van der Waals surface area contributed by atoms with Crippen LogP contribution in [0.15, 0.2) is 48.5 Å². The maximum atomic E-state index is 12.1. The fourth-order valence-electron chi connectivity index (χ4n) is 2.50. The summed E-state index contributed by atoms with van der Waals surface area (Å²) in [6.45, 7) is 8.60. The minimum absolute atomic E-state index is 0.130. The molecular formula is C21H22N2OS. The smallest absolute Gasteiger partial charge is 0.250 e. The lowest BCUT2D eigenvalue weighted by atomic mass is 9.87. The Labute approximate surface area is 152 Å². The van der Waals surface area contributed by atoms with Crippen molar-refractivity contribution in [1.29, 1.82) is 0 Å². The lowest BCUT2D eigenvalue weighted by Crippen LogP contribution is -2.10. The lowest BCUT2D eigenvalue weighted by molar-refractivity contribution is -0.111. The molecule has 2 aromatic carbocycles. The Morgan fingerprint density at radius 1 is 1.12 bits per heavy atom. The van der Waals surface area contributed by atoms with Crippen LogP contribution in [-0.2, 0) is 10.2 Å². The largest absolute Gasteiger partial charge is 0.298 e. The monoisotopic (exact) mass is 350 g/mol. The van der Waals surface area contributed by atoms with Gasteiger partial charge in [0.1, 0.15) is 0 Å². The maximum Gasteiger partial charge on any atom is 0.250 e. The van der Waals surface area contributed by atoms with Gasteiger partial charge in [-0.3, -0.25) is 10.1 Å². The average molecular weight is 350 g/mol. The number of thiazole rings is 1. The Balaban J connectivity index is 1.67. The number of hydrogen-bond donors (Lipinski definition) is 1. The second-order valence-corrected chi connectivity index (χ2v) is 8.22. The molecule has 25 heavy (non-hydrogen) atoms. The molecule has 0 saturated heterocycles. The number of nitrogens with one attached hydrogen (secondary N) is 1. The predicted molar refractivity (Wildman–Crippen MR) is 107 cm³/mol. The van der Waals surface area contributed by atoms with Crippen molar-refractivity contribution in [3.05, 3.63) is 65.2 Å². The molecule has 3 nitrogen and oxygen atoms in total. The summed E-state index contributed by atoms with van der Waals surface area (Å²) in [6.07, 6.45) is 3.36. The summed E-state index contributed by atoms with van der Waals surface area (Å²) in [5.74, 6) is -0.171. The zero-order chi connectivity index (χ0) is 18.0. The van der Waals surface area contributed by atoms with Crippen molar-refractivity contribution in [2.24, 2.45) is 0 Å². The van der Waals surface area contributed by atoms with Crippen LogP contribution in [0.25, 0.3) is 16.3 Å². The van der Waals surface area contributed by atoms with Crippen LogP contribution >= 0.6 is 11.3 Å². The van der Waals surface area contributed by atoms with Gasteiger partial charge in [0.15, 0.2) is 5.13 Å². The molecule has 3 rings (SSSR count). The summed E-state index contributed by atoms with van der Waals surface area (Å²) in [5, 5.41) is 3.46. The first-order chi connectivity index (χ1) is 11.8. The highest BCUT2D eigenvalue weighted by molar-refractivity contribution is 7.22. The van der Waals surface area contributed by atoms with Crippen LogP contribution in [0.2, 0.25) is 0 Å². The topological polar surface area (TPSA) is 42.0 Å². The Bertz CT molecular complexity index is 931. The van der Waals surface area contributed by atoms with Gasteiger partial charge in [0.25, 0.3) is 0 Å². The summed E-state index contributed by atoms with van der Waals surface area (Å²) in [5.41, 5.74) is 4.51. The SMILES string of the molecule is Cc1ccc2nc(NC(=O)C=Cc3ccc(C(C)(C)C)cc3)sc2c1. The lowest BCUT2D eigenvalue weighted by Gasteiger charge is -2.18. The third kappa shape index (κ3) is 4.34. The quantitative estimate of drug-likeness (QED) is 0.629. The molecule has 1 N–H and O–H groups in total. The molecule has 0 atom stereocenters. The van der Waals surface area contributed by atoms with E-state index in [0.29, 0.717) is 5.13 Å². The third-order valence-corrected chi connectivity index (χ3v) is 4.91. The van der Waals surface area contributed by atoms with E-state index in [2.05, 4.69) is 49.3 Å². The first-order valence-corrected chi connectivity index (χ1v) is 9.10. The fraction of sp³-hybridized carbons (Fsp3) is 0.238. The number of hydrogen-bond acceptors (Lipinski definition) is 3. The Kier molecular flexibility index (Phi) is 4.73. The molecule has 0 spiro atoms. The minimum atomic E-state index is -0.171. The summed E-state index contributed by atoms with van der Waals surface area (Å²) >= 11 is 1.49. The van der Waals surface area contributed by atoms with Crippen LogP contribution in [-0.4, -0.2) is 10.9 Å². The van der Waals surface area contributed by atoms with Crippen LogP contribution in [0.1, 0.15) is 37.5 Å². The molecule has 0 radical (unpaired) electrons. The molecule has 1 amide bonds. The van der Waals surface area contributed by atoms with Gasteiger partial charge < -0.3 is 0 Å². The molecule has 0 unspecified atom stereocenters. The number of amides is 1. The number of carbonyl (C=O) groups excluding carboxylic acids is 1. The van der Waals surface area contributed by atoms with Crippen molar-refractivity contribution >= 4 is 38.7 Å². The van der Waals surface area contributed by atoms with Crippen molar-refractivity contribution in [3.8, 4) is 0 Å². The molecule has 0 bridgehead atoms. The standard InChI is InChI=1S/C21H22N2OS/c1-14-5-11-17-18(13-14)25-20(22-17)23-19(24)12-8-15-6-9-16(10-7-15)21(2,3)4/h5-13H,1-4H3,(H,22,23,24). The molecule has 1 aromatic heterocycles. The summed E-state index contributed by atoms with van der Waals surface area (Å²) in [7, 11) is 0. The van der Waals surface area contributed by atoms with Gasteiger partial charge in [-0.25, -0.2) is 4.98 Å². The van der Waals surface area contributed by atoms with Crippen molar-refractivity contribution < 1.29 is 4.79 Å². The predicted octanol–water partition coefficient (Wildman–Crippen LogP) is 5.55. The summed E-state index contributed by atoms with van der Waals surface area (Å²) in [6, 6.07) is 14.4. The number of aromatic nitrogens is 1. The normalized spacial score (nSPS) is 12.0. The van der Waals surface area contributed by atoms with Gasteiger partial charge in [0, 0.05) is 6.08 Å². The Morgan fingerprint density at radius 3 is 2.52 bits per heavy atom. The van der Waals surface area contributed by atoms with E-state index in [1.54, 1.807) is 6.08 Å². The maximum absolute atomic E-state index is 12.1. The number of nitrogens with zero attached hydrogens (tertiary/aromatic N) is 1. The molecular weight excluding hydrogens is 328 g/mol. The van der Waals surface area contributed by atoms with E-state index >= 15 is 0 Å². The summed E-state index contributed by atoms with van der Waals surface area (Å²) < 4.78 is 1.08. The molecule has 4 heteroatoms. The third-order valence-electron chi connectivity index (χ3n) is 3.98. The highest BCUT2D eigenvalue weighted by Crippen LogP contribution is 2.26. The highest BCUT2D eigenvalue weighted by atomic mass is 32.1. The molecule has 1 heterocycles. The fourth-order valence-corrected chi connectivity index (χ4v) is 3.47. The zero-order valence-electron chi connectivity index (χ0n) is 15.0. The molecule has 0 aliphatic rings. The van der Waals surface area contributed by atoms with Gasteiger partial charge in [0.05, 0.1) is 10.2 Å². The molecule has 0 aliphatic carbocycles. The van der Waals surface area contributed by atoms with Crippen molar-refractivity contribution in [2.75, 3.05) is 5.32 Å². The zero-order valence-corrected chi connectivity index (χ0v) is 15.8. The van der Waals surface area contributed by atoms with Crippen LogP contribution in [0, 0.1) is 6.92 Å². The van der Waals surface area contributed by atoms with E-state index in [9.17, 15) is 4.79 Å². The van der Waals surface area contributed by atoms with E-state index in [-0.39, 0.29) is 11.3 Å². The van der Waals surface area contributed by atoms with E-state index in [0.717, 1.165) is 15.8 Å². The van der Waals surface area contributed by atoms with Crippen LogP contribution in [0.5, 0.6) is 0 Å². The highest BCUT2D eigenvalue weighted by Gasteiger charge is 2.12. The van der Waals surface area contributed by atoms with Gasteiger partial charge in [-0.1, -0.05) is 62.4 Å². The summed E-state index contributed by atoms with van der Waals surface area (Å²) in [4.78, 5) is 16.6. The minimum Gasteiger partial charge on any atom is -0.298 e. The van der Waals surface area contributed by atoms with Crippen LogP contribution in [0.4, 0.5) is 5.13 Å². The van der Waals surface area contributed by atoms with Crippen LogP contribution < -0.4 is 5.32 Å². The van der Waals surface area contributed by atoms with Gasteiger partial charge in [-0.15, -0.1) is 0 Å². The van der Waals surface area contributed by atoms with Gasteiger partial charge >= 0.3 is 0 Å². The Hall–Kier alpha value is -2.46. The van der Waals surface area contributed by atoms with Crippen molar-refractivity contribution in [1.82, 2.24) is 4.98 Å². The molecule has 0 fully saturated rings. The van der Waals surface area contributed by atoms with Crippen LogP contribution in [0.3, 0.4) is 0 Å². The van der Waals surface area contributed by atoms with E-state index < -0.39 is 0 Å². The number of benzene rings is 2.